The maximum atomic E-state index is 13.8. The fourth-order valence-electron chi connectivity index (χ4n) is 2.30. The minimum Gasteiger partial charge on any atom is -0.337 e. The van der Waals surface area contributed by atoms with Gasteiger partial charge in [0, 0.05) is 25.5 Å². The Balaban J connectivity index is 2.20. The van der Waals surface area contributed by atoms with Gasteiger partial charge in [0.15, 0.2) is 0 Å². The van der Waals surface area contributed by atoms with Gasteiger partial charge >= 0.3 is 0 Å². The van der Waals surface area contributed by atoms with Crippen molar-refractivity contribution in [3.8, 4) is 0 Å². The smallest absolute Gasteiger partial charge is 0.144 e. The van der Waals surface area contributed by atoms with Crippen LogP contribution < -0.4 is 0 Å². The summed E-state index contributed by atoms with van der Waals surface area (Å²) in [6.07, 6.45) is 3.57. The number of fused-ring (bicyclic) bond motifs is 1. The molecule has 3 rings (SSSR count). The Hall–Kier alpha value is -1.59. The fraction of sp³-hybridized carbons (Fsp3) is 0.286. The molecular weight excluding hydrogens is 314 g/mol. The van der Waals surface area contributed by atoms with Crippen LogP contribution in [0.2, 0.25) is 5.02 Å². The van der Waals surface area contributed by atoms with Crippen LogP contribution in [0.1, 0.15) is 23.9 Å². The van der Waals surface area contributed by atoms with Crippen molar-refractivity contribution in [3.05, 3.63) is 47.0 Å². The van der Waals surface area contributed by atoms with E-state index < -0.39 is 5.82 Å². The predicted molar refractivity (Wildman–Crippen MR) is 81.3 cm³/mol. The minimum absolute atomic E-state index is 0.0536. The first-order chi connectivity index (χ1) is 9.97. The number of alkyl halides is 1. The monoisotopic (exact) mass is 326 g/mol. The van der Waals surface area contributed by atoms with E-state index in [1.165, 1.54) is 12.1 Å². The second kappa shape index (κ2) is 5.31. The molecule has 0 bridgehead atoms. The van der Waals surface area contributed by atoms with Crippen LogP contribution in [0.5, 0.6) is 0 Å². The molecule has 1 atom stereocenters. The number of aryl methyl sites for hydroxylation is 1. The number of benzene rings is 1. The Morgan fingerprint density at radius 2 is 2.14 bits per heavy atom. The van der Waals surface area contributed by atoms with E-state index in [0.717, 1.165) is 5.82 Å². The summed E-state index contributed by atoms with van der Waals surface area (Å²) in [5.74, 6) is 1.03. The van der Waals surface area contributed by atoms with Crippen LogP contribution in [0.15, 0.2) is 24.5 Å². The van der Waals surface area contributed by atoms with E-state index in [-0.39, 0.29) is 10.4 Å². The van der Waals surface area contributed by atoms with Crippen LogP contribution in [0.25, 0.3) is 11.0 Å². The number of hydrogen-bond donors (Lipinski definition) is 0. The van der Waals surface area contributed by atoms with Crippen molar-refractivity contribution < 1.29 is 4.39 Å². The van der Waals surface area contributed by atoms with Gasteiger partial charge in [-0.05, 0) is 13.0 Å². The molecular formula is C14H13Cl2FN4. The third kappa shape index (κ3) is 2.51. The van der Waals surface area contributed by atoms with Crippen LogP contribution in [0, 0.1) is 5.82 Å². The van der Waals surface area contributed by atoms with Crippen molar-refractivity contribution in [2.75, 3.05) is 0 Å². The van der Waals surface area contributed by atoms with Crippen molar-refractivity contribution >= 4 is 34.2 Å². The van der Waals surface area contributed by atoms with Crippen LogP contribution in [0.3, 0.4) is 0 Å². The molecule has 21 heavy (non-hydrogen) atoms. The number of imidazole rings is 2. The average molecular weight is 327 g/mol. The highest BCUT2D eigenvalue weighted by Crippen LogP contribution is 2.28. The molecule has 1 aromatic carbocycles. The van der Waals surface area contributed by atoms with E-state index in [9.17, 15) is 4.39 Å². The molecule has 4 nitrogen and oxygen atoms in total. The first kappa shape index (κ1) is 14.4. The van der Waals surface area contributed by atoms with Gasteiger partial charge in [-0.2, -0.15) is 0 Å². The van der Waals surface area contributed by atoms with Gasteiger partial charge in [0.25, 0.3) is 0 Å². The van der Waals surface area contributed by atoms with E-state index >= 15 is 0 Å². The molecule has 0 saturated heterocycles. The standard InChI is InChI=1S/C14H13Cl2FN4/c1-8(15)14-19-11-5-9(16)10(17)6-12(11)21(14)7-13-18-3-4-20(13)2/h3-6,8H,7H2,1-2H3. The molecule has 7 heteroatoms. The van der Waals surface area contributed by atoms with Gasteiger partial charge in [0.2, 0.25) is 0 Å². The molecule has 0 aliphatic heterocycles. The van der Waals surface area contributed by atoms with Gasteiger partial charge < -0.3 is 9.13 Å². The molecule has 110 valence electrons. The Morgan fingerprint density at radius 3 is 2.76 bits per heavy atom. The molecule has 0 N–H and O–H groups in total. The maximum Gasteiger partial charge on any atom is 0.144 e. The molecule has 0 radical (unpaired) electrons. The van der Waals surface area contributed by atoms with Crippen molar-refractivity contribution in [1.82, 2.24) is 19.1 Å². The van der Waals surface area contributed by atoms with Crippen molar-refractivity contribution in [2.45, 2.75) is 18.8 Å². The maximum absolute atomic E-state index is 13.8. The van der Waals surface area contributed by atoms with Gasteiger partial charge in [-0.15, -0.1) is 11.6 Å². The first-order valence-corrected chi connectivity index (χ1v) is 7.24. The number of hydrogen-bond acceptors (Lipinski definition) is 2. The second-order valence-electron chi connectivity index (χ2n) is 4.88. The lowest BCUT2D eigenvalue weighted by atomic mass is 10.3. The molecule has 2 aromatic heterocycles. The number of rotatable bonds is 3. The van der Waals surface area contributed by atoms with Crippen LogP contribution >= 0.6 is 23.2 Å². The highest BCUT2D eigenvalue weighted by Gasteiger charge is 2.18. The summed E-state index contributed by atoms with van der Waals surface area (Å²) in [6.45, 7) is 2.29. The summed E-state index contributed by atoms with van der Waals surface area (Å²) in [4.78, 5) is 8.76. The highest BCUT2D eigenvalue weighted by molar-refractivity contribution is 6.31. The summed E-state index contributed by atoms with van der Waals surface area (Å²) in [6, 6.07) is 2.90. The van der Waals surface area contributed by atoms with E-state index in [4.69, 9.17) is 23.2 Å². The van der Waals surface area contributed by atoms with Gasteiger partial charge in [-0.3, -0.25) is 0 Å². The van der Waals surface area contributed by atoms with Crippen LogP contribution in [-0.4, -0.2) is 19.1 Å². The van der Waals surface area contributed by atoms with Crippen molar-refractivity contribution in [2.24, 2.45) is 7.05 Å². The fourth-order valence-corrected chi connectivity index (χ4v) is 2.62. The molecule has 0 fully saturated rings. The molecule has 0 spiro atoms. The number of nitrogens with zero attached hydrogens (tertiary/aromatic N) is 4. The normalized spacial score (nSPS) is 13.0. The quantitative estimate of drug-likeness (QED) is 0.684. The third-order valence-electron chi connectivity index (χ3n) is 3.40. The van der Waals surface area contributed by atoms with Crippen molar-refractivity contribution in [3.63, 3.8) is 0 Å². The van der Waals surface area contributed by atoms with Gasteiger partial charge in [-0.25, -0.2) is 14.4 Å². The lowest BCUT2D eigenvalue weighted by Gasteiger charge is -2.10. The summed E-state index contributed by atoms with van der Waals surface area (Å²) in [5.41, 5.74) is 1.28. The number of halogens is 3. The summed E-state index contributed by atoms with van der Waals surface area (Å²) in [7, 11) is 1.91. The van der Waals surface area contributed by atoms with Gasteiger partial charge in [0.05, 0.1) is 28.0 Å². The zero-order valence-corrected chi connectivity index (χ0v) is 13.0. The Bertz CT molecular complexity index is 807. The van der Waals surface area contributed by atoms with E-state index in [1.54, 1.807) is 6.20 Å². The molecule has 1 unspecified atom stereocenters. The first-order valence-electron chi connectivity index (χ1n) is 6.43. The van der Waals surface area contributed by atoms with E-state index in [0.29, 0.717) is 23.4 Å². The molecule has 2 heterocycles. The topological polar surface area (TPSA) is 35.6 Å². The third-order valence-corrected chi connectivity index (χ3v) is 3.88. The summed E-state index contributed by atoms with van der Waals surface area (Å²) in [5, 5.41) is -0.252. The van der Waals surface area contributed by atoms with Crippen molar-refractivity contribution in [1.29, 1.82) is 0 Å². The minimum atomic E-state index is -0.473. The zero-order chi connectivity index (χ0) is 15.1. The molecule has 0 aliphatic rings. The largest absolute Gasteiger partial charge is 0.337 e. The summed E-state index contributed by atoms with van der Waals surface area (Å²) < 4.78 is 17.5. The molecule has 0 saturated carbocycles. The number of aromatic nitrogens is 4. The molecule has 3 aromatic rings. The molecule has 0 aliphatic carbocycles. The average Bonchev–Trinajstić information content (AvgIpc) is 2.97. The zero-order valence-electron chi connectivity index (χ0n) is 11.5. The van der Waals surface area contributed by atoms with Crippen LogP contribution in [0.4, 0.5) is 4.39 Å². The molecule has 0 amide bonds. The lowest BCUT2D eigenvalue weighted by molar-refractivity contribution is 0.627. The second-order valence-corrected chi connectivity index (χ2v) is 5.94. The lowest BCUT2D eigenvalue weighted by Crippen LogP contribution is -2.09. The Labute approximate surface area is 131 Å². The highest BCUT2D eigenvalue weighted by atomic mass is 35.5. The Kier molecular flexibility index (Phi) is 3.63. The van der Waals surface area contributed by atoms with Crippen LogP contribution in [-0.2, 0) is 13.6 Å². The Morgan fingerprint density at radius 1 is 1.38 bits per heavy atom. The van der Waals surface area contributed by atoms with E-state index in [1.807, 2.05) is 29.3 Å². The van der Waals surface area contributed by atoms with Gasteiger partial charge in [-0.1, -0.05) is 11.6 Å². The summed E-state index contributed by atoms with van der Waals surface area (Å²) >= 11 is 12.0. The van der Waals surface area contributed by atoms with Gasteiger partial charge in [0.1, 0.15) is 17.5 Å². The SMILES string of the molecule is CC(Cl)c1nc2cc(Cl)c(F)cc2n1Cc1nccn1C. The predicted octanol–water partition coefficient (Wildman–Crippen LogP) is 3.91. The van der Waals surface area contributed by atoms with E-state index in [2.05, 4.69) is 9.97 Å².